The highest BCUT2D eigenvalue weighted by Crippen LogP contribution is 2.31. The molecule has 106 valence electrons. The number of nitrogen functional groups attached to an aromatic ring is 1. The third-order valence-electron chi connectivity index (χ3n) is 4.15. The minimum Gasteiger partial charge on any atom is -0.399 e. The molecule has 2 atom stereocenters. The van der Waals surface area contributed by atoms with Gasteiger partial charge in [-0.2, -0.15) is 0 Å². The van der Waals surface area contributed by atoms with Crippen LogP contribution in [0.4, 0.5) is 11.4 Å². The maximum absolute atomic E-state index is 5.94. The van der Waals surface area contributed by atoms with E-state index in [1.165, 1.54) is 5.69 Å². The first-order valence-electron chi connectivity index (χ1n) is 7.07. The first-order chi connectivity index (χ1) is 9.56. The van der Waals surface area contributed by atoms with Crippen LogP contribution in [0.15, 0.2) is 24.3 Å². The van der Waals surface area contributed by atoms with Crippen molar-refractivity contribution < 1.29 is 4.74 Å². The second-order valence-corrected chi connectivity index (χ2v) is 5.60. The van der Waals surface area contributed by atoms with Gasteiger partial charge in [0, 0.05) is 36.1 Å². The average molecular weight is 271 g/mol. The third-order valence-corrected chi connectivity index (χ3v) is 4.15. The van der Waals surface area contributed by atoms with Gasteiger partial charge in [-0.05, 0) is 44.5 Å². The Bertz CT molecular complexity index is 641. The third kappa shape index (κ3) is 2.20. The summed E-state index contributed by atoms with van der Waals surface area (Å²) in [6.07, 6.45) is 1.31. The summed E-state index contributed by atoms with van der Waals surface area (Å²) >= 11 is 0. The van der Waals surface area contributed by atoms with Gasteiger partial charge in [-0.25, -0.2) is 0 Å². The maximum Gasteiger partial charge on any atom is 0.0750 e. The Morgan fingerprint density at radius 3 is 2.85 bits per heavy atom. The lowest BCUT2D eigenvalue weighted by molar-refractivity contribution is 0.118. The molecule has 2 N–H and O–H groups in total. The zero-order valence-electron chi connectivity index (χ0n) is 12.3. The van der Waals surface area contributed by atoms with E-state index in [9.17, 15) is 0 Å². The van der Waals surface area contributed by atoms with Gasteiger partial charge in [-0.1, -0.05) is 0 Å². The van der Waals surface area contributed by atoms with Gasteiger partial charge in [0.2, 0.25) is 0 Å². The van der Waals surface area contributed by atoms with Gasteiger partial charge in [0.05, 0.1) is 17.7 Å². The minimum absolute atomic E-state index is 0.254. The summed E-state index contributed by atoms with van der Waals surface area (Å²) in [6, 6.07) is 8.44. The summed E-state index contributed by atoms with van der Waals surface area (Å²) in [5.74, 6) is 0. The van der Waals surface area contributed by atoms with E-state index in [0.717, 1.165) is 35.3 Å². The summed E-state index contributed by atoms with van der Waals surface area (Å²) < 4.78 is 5.69. The van der Waals surface area contributed by atoms with Crippen molar-refractivity contribution in [2.75, 3.05) is 24.3 Å². The van der Waals surface area contributed by atoms with Gasteiger partial charge >= 0.3 is 0 Å². The highest BCUT2D eigenvalue weighted by Gasteiger charge is 2.29. The lowest BCUT2D eigenvalue weighted by Crippen LogP contribution is -2.36. The number of hydrogen-bond acceptors (Lipinski definition) is 4. The lowest BCUT2D eigenvalue weighted by atomic mass is 10.1. The quantitative estimate of drug-likeness (QED) is 0.853. The normalized spacial score (nSPS) is 22.4. The summed E-state index contributed by atoms with van der Waals surface area (Å²) in [6.45, 7) is 5.00. The topological polar surface area (TPSA) is 51.4 Å². The number of likely N-dealkylation sites (N-methyl/N-ethyl adjacent to an activating group) is 1. The highest BCUT2D eigenvalue weighted by atomic mass is 16.5. The fraction of sp³-hybridized carbons (Fsp3) is 0.438. The summed E-state index contributed by atoms with van der Waals surface area (Å²) in [5, 5.41) is 1.11. The molecule has 1 aromatic carbocycles. The SMILES string of the molecule is Cc1cc(N(C)C2CCOC2C)c2cc(N)ccc2n1. The van der Waals surface area contributed by atoms with Crippen molar-refractivity contribution in [3.63, 3.8) is 0 Å². The van der Waals surface area contributed by atoms with Crippen LogP contribution >= 0.6 is 0 Å². The number of aryl methyl sites for hydroxylation is 1. The van der Waals surface area contributed by atoms with Gasteiger partial charge in [-0.15, -0.1) is 0 Å². The maximum atomic E-state index is 5.94. The summed E-state index contributed by atoms with van der Waals surface area (Å²) in [5.41, 5.74) is 9.91. The van der Waals surface area contributed by atoms with Gasteiger partial charge in [0.25, 0.3) is 0 Å². The van der Waals surface area contributed by atoms with E-state index in [4.69, 9.17) is 10.5 Å². The molecule has 1 saturated heterocycles. The Hall–Kier alpha value is -1.81. The second kappa shape index (κ2) is 4.94. The van der Waals surface area contributed by atoms with E-state index in [1.807, 2.05) is 25.1 Å². The lowest BCUT2D eigenvalue weighted by Gasteiger charge is -2.30. The molecule has 0 amide bonds. The van der Waals surface area contributed by atoms with Crippen LogP contribution in [0.2, 0.25) is 0 Å². The predicted octanol–water partition coefficient (Wildman–Crippen LogP) is 2.74. The van der Waals surface area contributed by atoms with Gasteiger partial charge in [0.1, 0.15) is 0 Å². The van der Waals surface area contributed by atoms with Crippen LogP contribution in [-0.4, -0.2) is 30.8 Å². The molecule has 20 heavy (non-hydrogen) atoms. The molecule has 0 spiro atoms. The number of anilines is 2. The van der Waals surface area contributed by atoms with Crippen LogP contribution in [0, 0.1) is 6.92 Å². The van der Waals surface area contributed by atoms with E-state index < -0.39 is 0 Å². The Morgan fingerprint density at radius 1 is 1.35 bits per heavy atom. The summed E-state index contributed by atoms with van der Waals surface area (Å²) in [4.78, 5) is 6.91. The molecule has 0 radical (unpaired) electrons. The van der Waals surface area contributed by atoms with Gasteiger partial charge < -0.3 is 15.4 Å². The molecule has 1 aliphatic heterocycles. The molecule has 1 aliphatic rings. The van der Waals surface area contributed by atoms with E-state index in [-0.39, 0.29) is 6.10 Å². The molecule has 4 nitrogen and oxygen atoms in total. The fourth-order valence-corrected chi connectivity index (χ4v) is 3.05. The van der Waals surface area contributed by atoms with Crippen molar-refractivity contribution in [2.24, 2.45) is 0 Å². The first-order valence-corrected chi connectivity index (χ1v) is 7.07. The first kappa shape index (κ1) is 13.2. The zero-order valence-corrected chi connectivity index (χ0v) is 12.3. The number of pyridine rings is 1. The molecule has 3 rings (SSSR count). The molecule has 0 aliphatic carbocycles. The van der Waals surface area contributed by atoms with Crippen molar-refractivity contribution in [3.05, 3.63) is 30.0 Å². The smallest absolute Gasteiger partial charge is 0.0750 e. The van der Waals surface area contributed by atoms with Crippen LogP contribution in [0.5, 0.6) is 0 Å². The van der Waals surface area contributed by atoms with Crippen molar-refractivity contribution in [2.45, 2.75) is 32.4 Å². The molecule has 0 saturated carbocycles. The molecule has 2 aromatic rings. The van der Waals surface area contributed by atoms with Crippen molar-refractivity contribution in [3.8, 4) is 0 Å². The Morgan fingerprint density at radius 2 is 2.15 bits per heavy atom. The molecular formula is C16H21N3O. The molecule has 0 bridgehead atoms. The molecule has 2 heterocycles. The fourth-order valence-electron chi connectivity index (χ4n) is 3.05. The number of fused-ring (bicyclic) bond motifs is 1. The number of nitrogens with two attached hydrogens (primary N) is 1. The van der Waals surface area contributed by atoms with Crippen LogP contribution in [0.3, 0.4) is 0 Å². The van der Waals surface area contributed by atoms with Crippen LogP contribution in [-0.2, 0) is 4.74 Å². The van der Waals surface area contributed by atoms with Gasteiger partial charge in [-0.3, -0.25) is 4.98 Å². The number of rotatable bonds is 2. The molecule has 2 unspecified atom stereocenters. The Balaban J connectivity index is 2.11. The van der Waals surface area contributed by atoms with Crippen LogP contribution in [0.1, 0.15) is 19.0 Å². The van der Waals surface area contributed by atoms with E-state index in [2.05, 4.69) is 29.9 Å². The van der Waals surface area contributed by atoms with Crippen molar-refractivity contribution in [1.82, 2.24) is 4.98 Å². The molecule has 1 fully saturated rings. The highest BCUT2D eigenvalue weighted by molar-refractivity contribution is 5.94. The second-order valence-electron chi connectivity index (χ2n) is 5.60. The molecule has 1 aromatic heterocycles. The van der Waals surface area contributed by atoms with Crippen LogP contribution in [0.25, 0.3) is 10.9 Å². The number of nitrogens with zero attached hydrogens (tertiary/aromatic N) is 2. The van der Waals surface area contributed by atoms with E-state index in [1.54, 1.807) is 0 Å². The monoisotopic (exact) mass is 271 g/mol. The van der Waals surface area contributed by atoms with E-state index in [0.29, 0.717) is 6.04 Å². The zero-order chi connectivity index (χ0) is 14.3. The predicted molar refractivity (Wildman–Crippen MR) is 83.1 cm³/mol. The number of benzene rings is 1. The number of aromatic nitrogens is 1. The largest absolute Gasteiger partial charge is 0.399 e. The summed E-state index contributed by atoms with van der Waals surface area (Å²) in [7, 11) is 2.13. The van der Waals surface area contributed by atoms with Crippen LogP contribution < -0.4 is 10.6 Å². The van der Waals surface area contributed by atoms with Crippen molar-refractivity contribution >= 4 is 22.3 Å². The van der Waals surface area contributed by atoms with Gasteiger partial charge in [0.15, 0.2) is 0 Å². The molecular weight excluding hydrogens is 250 g/mol. The van der Waals surface area contributed by atoms with Crippen molar-refractivity contribution in [1.29, 1.82) is 0 Å². The number of hydrogen-bond donors (Lipinski definition) is 1. The standard InChI is InChI=1S/C16H21N3O/c1-10-8-16(19(3)15-6-7-20-11(15)2)13-9-12(17)4-5-14(13)18-10/h4-5,8-9,11,15H,6-7,17H2,1-3H3. The van der Waals surface area contributed by atoms with E-state index >= 15 is 0 Å². The Kier molecular flexibility index (Phi) is 3.26. The molecule has 4 heteroatoms. The minimum atomic E-state index is 0.254. The number of ether oxygens (including phenoxy) is 1. The Labute approximate surface area is 119 Å². The average Bonchev–Trinajstić information content (AvgIpc) is 2.84.